The summed E-state index contributed by atoms with van der Waals surface area (Å²) in [5, 5.41) is 16.8. The lowest BCUT2D eigenvalue weighted by atomic mass is 10.1. The Morgan fingerprint density at radius 3 is 2.84 bits per heavy atom. The number of aromatic nitrogens is 1. The first-order chi connectivity index (χ1) is 9.11. The van der Waals surface area contributed by atoms with Crippen LogP contribution in [0.5, 0.6) is 0 Å². The van der Waals surface area contributed by atoms with Gasteiger partial charge in [0.1, 0.15) is 5.49 Å². The maximum absolute atomic E-state index is 11.2. The van der Waals surface area contributed by atoms with E-state index >= 15 is 0 Å². The summed E-state index contributed by atoms with van der Waals surface area (Å²) < 4.78 is 1.61. The summed E-state index contributed by atoms with van der Waals surface area (Å²) in [5.74, 6) is -0.620. The molecule has 1 aromatic heterocycles. The van der Waals surface area contributed by atoms with Gasteiger partial charge in [-0.1, -0.05) is 12.1 Å². The van der Waals surface area contributed by atoms with Gasteiger partial charge in [0.25, 0.3) is 5.91 Å². The van der Waals surface area contributed by atoms with Crippen LogP contribution < -0.4 is 11.2 Å². The van der Waals surface area contributed by atoms with Crippen LogP contribution in [0.25, 0.3) is 0 Å². The number of nitrogens with zero attached hydrogens (tertiary/aromatic N) is 2. The molecule has 0 radical (unpaired) electrons. The minimum Gasteiger partial charge on any atom is -0.365 e. The van der Waals surface area contributed by atoms with Gasteiger partial charge in [-0.25, -0.2) is 0 Å². The van der Waals surface area contributed by atoms with E-state index in [1.54, 1.807) is 35.0 Å². The quantitative estimate of drug-likeness (QED) is 0.851. The molecule has 19 heavy (non-hydrogen) atoms. The molecule has 0 aliphatic carbocycles. The fourth-order valence-electron chi connectivity index (χ4n) is 1.82. The maximum Gasteiger partial charge on any atom is 0.252 e. The van der Waals surface area contributed by atoms with Crippen molar-refractivity contribution in [2.75, 3.05) is 0 Å². The normalized spacial score (nSPS) is 9.84. The summed E-state index contributed by atoms with van der Waals surface area (Å²) in [6.45, 7) is 0.412. The Morgan fingerprint density at radius 1 is 1.37 bits per heavy atom. The Balaban J connectivity index is 2.39. The molecule has 0 atom stereocenters. The van der Waals surface area contributed by atoms with Crippen LogP contribution in [0.2, 0.25) is 0 Å². The van der Waals surface area contributed by atoms with Crippen LogP contribution in [0.4, 0.5) is 0 Å². The number of benzene rings is 1. The van der Waals surface area contributed by atoms with Crippen LogP contribution in [-0.4, -0.2) is 10.5 Å². The van der Waals surface area contributed by atoms with E-state index in [0.717, 1.165) is 5.56 Å². The standard InChI is InChI=1S/C14H12N4O/c15-8-10-3-1-4-11(7-10)9-18-6-2-5-12(13(18)16)14(17)19/h1-7,16H,9H2,(H2,17,19). The number of hydrogen-bond donors (Lipinski definition) is 2. The first kappa shape index (κ1) is 12.6. The highest BCUT2D eigenvalue weighted by atomic mass is 16.1. The van der Waals surface area contributed by atoms with Gasteiger partial charge in [0.15, 0.2) is 0 Å². The van der Waals surface area contributed by atoms with Crippen molar-refractivity contribution < 1.29 is 4.79 Å². The molecule has 0 spiro atoms. The molecule has 0 fully saturated rings. The van der Waals surface area contributed by atoms with E-state index in [9.17, 15) is 4.79 Å². The van der Waals surface area contributed by atoms with Gasteiger partial charge in [-0.05, 0) is 29.8 Å². The van der Waals surface area contributed by atoms with E-state index in [1.165, 1.54) is 6.07 Å². The number of nitrogens with one attached hydrogen (secondary N) is 1. The van der Waals surface area contributed by atoms with Crippen LogP contribution >= 0.6 is 0 Å². The van der Waals surface area contributed by atoms with E-state index < -0.39 is 5.91 Å². The Kier molecular flexibility index (Phi) is 3.44. The van der Waals surface area contributed by atoms with Gasteiger partial charge in [-0.3, -0.25) is 10.2 Å². The Bertz CT molecular complexity index is 725. The zero-order valence-electron chi connectivity index (χ0n) is 10.1. The minimum atomic E-state index is -0.620. The van der Waals surface area contributed by atoms with Crippen molar-refractivity contribution in [2.45, 2.75) is 6.54 Å². The first-order valence-electron chi connectivity index (χ1n) is 5.64. The molecule has 0 aliphatic heterocycles. The van der Waals surface area contributed by atoms with E-state index in [2.05, 4.69) is 6.07 Å². The highest BCUT2D eigenvalue weighted by Crippen LogP contribution is 2.05. The van der Waals surface area contributed by atoms with E-state index in [1.807, 2.05) is 6.07 Å². The number of nitriles is 1. The second-order valence-electron chi connectivity index (χ2n) is 4.07. The van der Waals surface area contributed by atoms with Crippen LogP contribution in [0.3, 0.4) is 0 Å². The summed E-state index contributed by atoms with van der Waals surface area (Å²) in [6, 6.07) is 12.4. The summed E-state index contributed by atoms with van der Waals surface area (Å²) in [5.41, 5.74) is 6.91. The largest absolute Gasteiger partial charge is 0.365 e. The third-order valence-corrected chi connectivity index (χ3v) is 2.75. The lowest BCUT2D eigenvalue weighted by Crippen LogP contribution is -2.29. The fourth-order valence-corrected chi connectivity index (χ4v) is 1.82. The molecule has 5 nitrogen and oxygen atoms in total. The van der Waals surface area contributed by atoms with E-state index in [0.29, 0.717) is 12.1 Å². The first-order valence-corrected chi connectivity index (χ1v) is 5.64. The van der Waals surface area contributed by atoms with Crippen molar-refractivity contribution in [3.05, 3.63) is 64.8 Å². The second kappa shape index (κ2) is 5.19. The number of carbonyl (C=O) groups is 1. The monoisotopic (exact) mass is 252 g/mol. The number of pyridine rings is 1. The number of rotatable bonds is 3. The van der Waals surface area contributed by atoms with Crippen molar-refractivity contribution >= 4 is 5.91 Å². The molecular weight excluding hydrogens is 240 g/mol. The number of carbonyl (C=O) groups excluding carboxylic acids is 1. The number of amides is 1. The van der Waals surface area contributed by atoms with E-state index in [-0.39, 0.29) is 11.1 Å². The van der Waals surface area contributed by atoms with Gasteiger partial charge >= 0.3 is 0 Å². The van der Waals surface area contributed by atoms with E-state index in [4.69, 9.17) is 16.4 Å². The molecule has 0 bridgehead atoms. The Morgan fingerprint density at radius 2 is 2.16 bits per heavy atom. The fraction of sp³-hybridized carbons (Fsp3) is 0.0714. The molecule has 2 rings (SSSR count). The van der Waals surface area contributed by atoms with Crippen LogP contribution in [0.15, 0.2) is 42.6 Å². The smallest absolute Gasteiger partial charge is 0.252 e. The average molecular weight is 252 g/mol. The summed E-state index contributed by atoms with van der Waals surface area (Å²) >= 11 is 0. The SMILES string of the molecule is N#Cc1cccc(Cn2cccc(C(N)=O)c2=N)c1. The van der Waals surface area contributed by atoms with Gasteiger partial charge in [0, 0.05) is 12.7 Å². The minimum absolute atomic E-state index is 0.0670. The molecule has 0 saturated carbocycles. The predicted molar refractivity (Wildman–Crippen MR) is 69.1 cm³/mol. The molecule has 1 aromatic carbocycles. The predicted octanol–water partition coefficient (Wildman–Crippen LogP) is 0.986. The number of nitrogens with two attached hydrogens (primary N) is 1. The highest BCUT2D eigenvalue weighted by molar-refractivity contribution is 5.92. The Hall–Kier alpha value is -2.87. The third kappa shape index (κ3) is 2.69. The Labute approximate surface area is 110 Å². The molecule has 0 saturated heterocycles. The summed E-state index contributed by atoms with van der Waals surface area (Å²) in [7, 11) is 0. The molecular formula is C14H12N4O. The molecule has 94 valence electrons. The van der Waals surface area contributed by atoms with Gasteiger partial charge in [0.05, 0.1) is 17.2 Å². The molecule has 3 N–H and O–H groups in total. The van der Waals surface area contributed by atoms with Crippen molar-refractivity contribution in [3.63, 3.8) is 0 Å². The lowest BCUT2D eigenvalue weighted by molar-refractivity contribution is 0.0998. The average Bonchev–Trinajstić information content (AvgIpc) is 2.41. The molecule has 0 aliphatic rings. The molecule has 0 unspecified atom stereocenters. The van der Waals surface area contributed by atoms with Crippen molar-refractivity contribution in [1.29, 1.82) is 10.7 Å². The van der Waals surface area contributed by atoms with Crippen molar-refractivity contribution in [3.8, 4) is 6.07 Å². The van der Waals surface area contributed by atoms with Crippen LogP contribution in [0.1, 0.15) is 21.5 Å². The van der Waals surface area contributed by atoms with Crippen LogP contribution in [-0.2, 0) is 6.54 Å². The number of primary amides is 1. The zero-order chi connectivity index (χ0) is 13.8. The third-order valence-electron chi connectivity index (χ3n) is 2.75. The molecule has 5 heteroatoms. The lowest BCUT2D eigenvalue weighted by Gasteiger charge is -2.08. The molecule has 2 aromatic rings. The molecule has 1 amide bonds. The van der Waals surface area contributed by atoms with Crippen molar-refractivity contribution in [2.24, 2.45) is 5.73 Å². The maximum atomic E-state index is 11.2. The number of hydrogen-bond acceptors (Lipinski definition) is 3. The van der Waals surface area contributed by atoms with Gasteiger partial charge in [0.2, 0.25) is 0 Å². The topological polar surface area (TPSA) is 95.7 Å². The highest BCUT2D eigenvalue weighted by Gasteiger charge is 2.05. The van der Waals surface area contributed by atoms with Gasteiger partial charge < -0.3 is 10.3 Å². The van der Waals surface area contributed by atoms with Gasteiger partial charge in [-0.2, -0.15) is 5.26 Å². The summed E-state index contributed by atoms with van der Waals surface area (Å²) in [6.07, 6.45) is 1.70. The molecule has 1 heterocycles. The van der Waals surface area contributed by atoms with Crippen LogP contribution in [0, 0.1) is 16.7 Å². The van der Waals surface area contributed by atoms with Gasteiger partial charge in [-0.15, -0.1) is 0 Å². The second-order valence-corrected chi connectivity index (χ2v) is 4.07. The van der Waals surface area contributed by atoms with Crippen molar-refractivity contribution in [1.82, 2.24) is 4.57 Å². The summed E-state index contributed by atoms with van der Waals surface area (Å²) in [4.78, 5) is 11.2. The zero-order valence-corrected chi connectivity index (χ0v) is 10.1.